The van der Waals surface area contributed by atoms with Gasteiger partial charge in [0.05, 0.1) is 19.3 Å². The van der Waals surface area contributed by atoms with Crippen LogP contribution in [0.1, 0.15) is 22.3 Å². The minimum Gasteiger partial charge on any atom is -0.497 e. The smallest absolute Gasteiger partial charge is 0.284 e. The van der Waals surface area contributed by atoms with E-state index in [2.05, 4.69) is 25.6 Å². The number of hydrogen-bond donors (Lipinski definition) is 2. The molecule has 50 heavy (non-hydrogen) atoms. The molecule has 12 nitrogen and oxygen atoms in total. The van der Waals surface area contributed by atoms with Crippen molar-refractivity contribution in [2.45, 2.75) is 13.0 Å². The quantitative estimate of drug-likeness (QED) is 0.213. The number of benzene rings is 3. The Kier molecular flexibility index (Phi) is 9.16. The number of carbonyl (C=O) groups is 1. The molecular formula is C36H32F2N8O4. The Balaban J connectivity index is 1.16. The van der Waals surface area contributed by atoms with Gasteiger partial charge in [-0.1, -0.05) is 12.1 Å². The van der Waals surface area contributed by atoms with E-state index in [1.807, 2.05) is 28.9 Å². The van der Waals surface area contributed by atoms with Crippen molar-refractivity contribution in [3.8, 4) is 22.9 Å². The number of nitrogens with zero attached hydrogens (tertiary/aromatic N) is 6. The third kappa shape index (κ3) is 6.73. The normalized spacial score (nSPS) is 13.2. The SMILES string of the molecule is COc1ccc(Cn2nc(N3CCCNCC3)c3c(Oc4ccc(NC(=O)c5ccnn(-c6ccc(F)cc6)c5=O)cc4F)ccnc32)cc1. The van der Waals surface area contributed by atoms with E-state index < -0.39 is 23.1 Å². The van der Waals surface area contributed by atoms with Gasteiger partial charge in [0.15, 0.2) is 23.0 Å². The number of carbonyl (C=O) groups excluding carboxylic acids is 1. The van der Waals surface area contributed by atoms with Crippen molar-refractivity contribution in [1.29, 1.82) is 0 Å². The van der Waals surface area contributed by atoms with Crippen molar-refractivity contribution >= 4 is 28.4 Å². The first-order chi connectivity index (χ1) is 24.4. The standard InChI is InChI=1S/C36H32F2N8O4/c1-49-27-10-3-23(4-11-27)22-45-33-32(34(43-45)44-19-2-15-39-18-20-44)31(14-16-40-33)50-30-12-7-25(21-29(30)38)42-35(47)28-13-17-41-46(36(28)48)26-8-5-24(37)6-9-26/h3-14,16-17,21,39H,2,15,18-20,22H2,1H3,(H,42,47). The molecule has 7 rings (SSSR count). The molecule has 1 saturated heterocycles. The van der Waals surface area contributed by atoms with E-state index in [0.29, 0.717) is 29.1 Å². The summed E-state index contributed by atoms with van der Waals surface area (Å²) < 4.78 is 43.3. The number of methoxy groups -OCH3 is 1. The summed E-state index contributed by atoms with van der Waals surface area (Å²) in [5.74, 6) is -0.250. The second kappa shape index (κ2) is 14.1. The minimum atomic E-state index is -0.766. The number of ether oxygens (including phenoxy) is 2. The fourth-order valence-corrected chi connectivity index (χ4v) is 5.76. The van der Waals surface area contributed by atoms with Crippen LogP contribution >= 0.6 is 0 Å². The summed E-state index contributed by atoms with van der Waals surface area (Å²) in [5.41, 5.74) is 1.02. The zero-order valence-corrected chi connectivity index (χ0v) is 27.0. The number of amides is 1. The van der Waals surface area contributed by atoms with E-state index in [1.165, 1.54) is 48.7 Å². The highest BCUT2D eigenvalue weighted by atomic mass is 19.1. The fourth-order valence-electron chi connectivity index (χ4n) is 5.76. The van der Waals surface area contributed by atoms with Crippen LogP contribution in [0.4, 0.5) is 20.3 Å². The number of aromatic nitrogens is 5. The Morgan fingerprint density at radius 2 is 1.76 bits per heavy atom. The van der Waals surface area contributed by atoms with E-state index >= 15 is 4.39 Å². The molecule has 0 saturated carbocycles. The molecule has 14 heteroatoms. The van der Waals surface area contributed by atoms with E-state index in [4.69, 9.17) is 14.6 Å². The van der Waals surface area contributed by atoms with Crippen molar-refractivity contribution in [3.63, 3.8) is 0 Å². The Morgan fingerprint density at radius 1 is 0.940 bits per heavy atom. The number of anilines is 2. The molecule has 0 bridgehead atoms. The second-order valence-corrected chi connectivity index (χ2v) is 11.6. The van der Waals surface area contributed by atoms with Crippen LogP contribution in [0.15, 0.2) is 96.1 Å². The van der Waals surface area contributed by atoms with Gasteiger partial charge in [-0.2, -0.15) is 14.9 Å². The molecule has 0 spiro atoms. The van der Waals surface area contributed by atoms with Crippen LogP contribution in [0.2, 0.25) is 0 Å². The summed E-state index contributed by atoms with van der Waals surface area (Å²) in [6, 6.07) is 19.7. The van der Waals surface area contributed by atoms with Gasteiger partial charge in [0.25, 0.3) is 11.5 Å². The monoisotopic (exact) mass is 678 g/mol. The third-order valence-corrected chi connectivity index (χ3v) is 8.28. The fraction of sp³-hybridized carbons (Fsp3) is 0.194. The zero-order valence-electron chi connectivity index (χ0n) is 27.0. The molecule has 6 aromatic rings. The molecule has 1 aliphatic heterocycles. The van der Waals surface area contributed by atoms with Crippen molar-refractivity contribution < 1.29 is 23.0 Å². The molecule has 3 aromatic carbocycles. The van der Waals surface area contributed by atoms with Crippen molar-refractivity contribution in [2.75, 3.05) is 43.5 Å². The Hall–Kier alpha value is -6.15. The average Bonchev–Trinajstić information content (AvgIpc) is 3.28. The Bertz CT molecular complexity index is 2210. The van der Waals surface area contributed by atoms with E-state index in [0.717, 1.165) is 54.7 Å². The first kappa shape index (κ1) is 32.4. The number of halogens is 2. The van der Waals surface area contributed by atoms with Gasteiger partial charge in [0, 0.05) is 49.8 Å². The van der Waals surface area contributed by atoms with Gasteiger partial charge in [0.1, 0.15) is 28.3 Å². The second-order valence-electron chi connectivity index (χ2n) is 11.6. The summed E-state index contributed by atoms with van der Waals surface area (Å²) in [5, 5.41) is 15.6. The summed E-state index contributed by atoms with van der Waals surface area (Å²) in [6.07, 6.45) is 3.80. The zero-order chi connectivity index (χ0) is 34.6. The third-order valence-electron chi connectivity index (χ3n) is 8.28. The molecule has 0 unspecified atom stereocenters. The maximum atomic E-state index is 15.6. The van der Waals surface area contributed by atoms with E-state index in [9.17, 15) is 14.0 Å². The molecule has 2 N–H and O–H groups in total. The highest BCUT2D eigenvalue weighted by Crippen LogP contribution is 2.37. The average molecular weight is 679 g/mol. The maximum Gasteiger partial charge on any atom is 0.284 e. The molecular weight excluding hydrogens is 646 g/mol. The first-order valence-corrected chi connectivity index (χ1v) is 15.9. The highest BCUT2D eigenvalue weighted by molar-refractivity contribution is 6.04. The van der Waals surface area contributed by atoms with Gasteiger partial charge >= 0.3 is 0 Å². The lowest BCUT2D eigenvalue weighted by molar-refractivity contribution is 0.102. The van der Waals surface area contributed by atoms with Crippen LogP contribution in [0.25, 0.3) is 16.7 Å². The van der Waals surface area contributed by atoms with Crippen LogP contribution in [0.5, 0.6) is 17.2 Å². The number of hydrogen-bond acceptors (Lipinski definition) is 9. The molecule has 3 aromatic heterocycles. The minimum absolute atomic E-state index is 0.0792. The number of pyridine rings is 1. The topological polar surface area (TPSA) is 128 Å². The van der Waals surface area contributed by atoms with Crippen LogP contribution in [-0.4, -0.2) is 63.7 Å². The molecule has 1 fully saturated rings. The van der Waals surface area contributed by atoms with Crippen molar-refractivity contribution in [3.05, 3.63) is 124 Å². The van der Waals surface area contributed by atoms with Gasteiger partial charge < -0.3 is 25.0 Å². The lowest BCUT2D eigenvalue weighted by Gasteiger charge is -2.20. The van der Waals surface area contributed by atoms with Gasteiger partial charge in [-0.15, -0.1) is 0 Å². The predicted molar refractivity (Wildman–Crippen MR) is 184 cm³/mol. The number of nitrogens with one attached hydrogen (secondary N) is 2. The Morgan fingerprint density at radius 3 is 2.54 bits per heavy atom. The van der Waals surface area contributed by atoms with Crippen LogP contribution < -0.4 is 30.6 Å². The number of rotatable bonds is 9. The van der Waals surface area contributed by atoms with Gasteiger partial charge in [0.2, 0.25) is 0 Å². The van der Waals surface area contributed by atoms with Gasteiger partial charge in [-0.25, -0.2) is 18.4 Å². The van der Waals surface area contributed by atoms with Crippen LogP contribution in [0, 0.1) is 11.6 Å². The van der Waals surface area contributed by atoms with Crippen molar-refractivity contribution in [1.82, 2.24) is 29.9 Å². The summed E-state index contributed by atoms with van der Waals surface area (Å²) in [6.45, 7) is 3.61. The largest absolute Gasteiger partial charge is 0.497 e. The van der Waals surface area contributed by atoms with Crippen LogP contribution in [-0.2, 0) is 6.54 Å². The molecule has 254 valence electrons. The van der Waals surface area contributed by atoms with E-state index in [1.54, 1.807) is 19.4 Å². The summed E-state index contributed by atoms with van der Waals surface area (Å²) in [4.78, 5) is 33.0. The summed E-state index contributed by atoms with van der Waals surface area (Å²) >= 11 is 0. The van der Waals surface area contributed by atoms with Crippen molar-refractivity contribution in [2.24, 2.45) is 0 Å². The highest BCUT2D eigenvalue weighted by Gasteiger charge is 2.24. The molecule has 1 aliphatic rings. The summed E-state index contributed by atoms with van der Waals surface area (Å²) in [7, 11) is 1.62. The molecule has 0 radical (unpaired) electrons. The predicted octanol–water partition coefficient (Wildman–Crippen LogP) is 5.16. The molecule has 1 amide bonds. The molecule has 4 heterocycles. The lowest BCUT2D eigenvalue weighted by Crippen LogP contribution is -2.29. The van der Waals surface area contributed by atoms with Crippen LogP contribution in [0.3, 0.4) is 0 Å². The Labute approximate surface area is 284 Å². The lowest BCUT2D eigenvalue weighted by atomic mass is 10.2. The van der Waals surface area contributed by atoms with Gasteiger partial charge in [-0.05, 0) is 73.1 Å². The van der Waals surface area contributed by atoms with E-state index in [-0.39, 0.29) is 22.7 Å². The molecule has 0 atom stereocenters. The first-order valence-electron chi connectivity index (χ1n) is 15.9. The molecule has 0 aliphatic carbocycles. The van der Waals surface area contributed by atoms with Gasteiger partial charge in [-0.3, -0.25) is 9.59 Å². The number of fused-ring (bicyclic) bond motifs is 1. The maximum absolute atomic E-state index is 15.6.